The van der Waals surface area contributed by atoms with Gasteiger partial charge in [-0.15, -0.1) is 0 Å². The van der Waals surface area contributed by atoms with Crippen LogP contribution in [-0.2, 0) is 16.2 Å². The van der Waals surface area contributed by atoms with E-state index in [4.69, 9.17) is 4.74 Å². The Morgan fingerprint density at radius 3 is 2.41 bits per heavy atom. The number of ether oxygens (including phenoxy) is 1. The molecule has 1 aliphatic rings. The highest BCUT2D eigenvalue weighted by Crippen LogP contribution is 2.38. The molecule has 3 aromatic carbocycles. The number of amides is 2. The first-order valence-corrected chi connectivity index (χ1v) is 12.1. The number of halogens is 3. The molecule has 11 heteroatoms. The van der Waals surface area contributed by atoms with Gasteiger partial charge in [-0.3, -0.25) is 25.1 Å². The fourth-order valence-electron chi connectivity index (χ4n) is 3.23. The van der Waals surface area contributed by atoms with Gasteiger partial charge in [-0.25, -0.2) is 5.01 Å². The van der Waals surface area contributed by atoms with Gasteiger partial charge < -0.3 is 4.74 Å². The largest absolute Gasteiger partial charge is 0.481 e. The van der Waals surface area contributed by atoms with E-state index in [9.17, 15) is 19.7 Å². The van der Waals surface area contributed by atoms with Crippen molar-refractivity contribution >= 4 is 77.1 Å². The second-order valence-electron chi connectivity index (χ2n) is 7.11. The van der Waals surface area contributed by atoms with Crippen molar-refractivity contribution in [1.29, 1.82) is 0 Å². The summed E-state index contributed by atoms with van der Waals surface area (Å²) >= 11 is 10.1. The zero-order chi connectivity index (χ0) is 24.4. The maximum absolute atomic E-state index is 12.8. The smallest absolute Gasteiger partial charge is 0.312 e. The molecule has 1 N–H and O–H groups in total. The molecule has 34 heavy (non-hydrogen) atoms. The predicted molar refractivity (Wildman–Crippen MR) is 137 cm³/mol. The van der Waals surface area contributed by atoms with Crippen molar-refractivity contribution in [2.75, 3.05) is 5.01 Å². The fraction of sp³-hybridized carbons (Fsp3) is 0.0435. The van der Waals surface area contributed by atoms with E-state index in [1.807, 2.05) is 18.2 Å². The summed E-state index contributed by atoms with van der Waals surface area (Å²) in [6.07, 6.45) is 1.31. The van der Waals surface area contributed by atoms with E-state index >= 15 is 0 Å². The number of rotatable bonds is 6. The molecule has 1 saturated heterocycles. The number of nitrogens with one attached hydrogen (secondary N) is 1. The summed E-state index contributed by atoms with van der Waals surface area (Å²) in [5.41, 5.74) is 3.64. The van der Waals surface area contributed by atoms with Crippen LogP contribution in [0.4, 0.5) is 11.4 Å². The van der Waals surface area contributed by atoms with Crippen LogP contribution in [-0.4, -0.2) is 16.7 Å². The molecule has 8 nitrogen and oxygen atoms in total. The molecule has 1 aliphatic heterocycles. The van der Waals surface area contributed by atoms with Crippen LogP contribution in [0.25, 0.3) is 6.08 Å². The highest BCUT2D eigenvalue weighted by molar-refractivity contribution is 9.11. The van der Waals surface area contributed by atoms with Gasteiger partial charge in [0.15, 0.2) is 0 Å². The Bertz CT molecular complexity index is 1350. The second-order valence-corrected chi connectivity index (χ2v) is 9.73. The molecule has 0 aliphatic carbocycles. The number of benzene rings is 3. The van der Waals surface area contributed by atoms with Gasteiger partial charge in [0, 0.05) is 20.6 Å². The standard InChI is InChI=1S/C23H14Br3N3O5/c24-15-7-6-14(18(25)11-15)12-34-21-19(26)9-13(10-20(21)29(32)33)8-17-22(30)27-28(23(17)31)16-4-2-1-3-5-16/h1-11H,12H2,(H,27,30)/b17-8-. The van der Waals surface area contributed by atoms with Crippen molar-refractivity contribution < 1.29 is 19.2 Å². The molecule has 0 atom stereocenters. The van der Waals surface area contributed by atoms with E-state index < -0.39 is 16.7 Å². The lowest BCUT2D eigenvalue weighted by atomic mass is 10.1. The third-order valence-corrected chi connectivity index (χ3v) is 6.67. The van der Waals surface area contributed by atoms with Crippen molar-refractivity contribution in [3.63, 3.8) is 0 Å². The Hall–Kier alpha value is -3.02. The fourth-order valence-corrected chi connectivity index (χ4v) is 4.98. The van der Waals surface area contributed by atoms with Crippen LogP contribution in [0, 0.1) is 10.1 Å². The SMILES string of the molecule is O=C1NN(c2ccccc2)C(=O)/C1=C\c1cc(Br)c(OCc2ccc(Br)cc2Br)c([N+](=O)[O-])c1. The van der Waals surface area contributed by atoms with Crippen molar-refractivity contribution in [3.05, 3.63) is 101 Å². The average Bonchev–Trinajstić information content (AvgIpc) is 3.08. The van der Waals surface area contributed by atoms with Gasteiger partial charge in [0.1, 0.15) is 12.2 Å². The molecule has 4 rings (SSSR count). The Kier molecular flexibility index (Phi) is 7.15. The molecule has 1 fully saturated rings. The van der Waals surface area contributed by atoms with E-state index in [0.717, 1.165) is 19.5 Å². The van der Waals surface area contributed by atoms with E-state index in [1.54, 1.807) is 36.4 Å². The first kappa shape index (κ1) is 24.1. The molecule has 0 unspecified atom stereocenters. The van der Waals surface area contributed by atoms with Gasteiger partial charge >= 0.3 is 5.69 Å². The second kappa shape index (κ2) is 10.1. The number of nitro benzene ring substituents is 1. The van der Waals surface area contributed by atoms with Crippen LogP contribution in [0.1, 0.15) is 11.1 Å². The summed E-state index contributed by atoms with van der Waals surface area (Å²) in [7, 11) is 0. The first-order chi connectivity index (χ1) is 16.2. The number of hydrogen-bond acceptors (Lipinski definition) is 5. The number of para-hydroxylation sites is 1. The molecule has 2 amide bonds. The molecule has 1 heterocycles. The average molecular weight is 652 g/mol. The Morgan fingerprint density at radius 2 is 1.74 bits per heavy atom. The third kappa shape index (κ3) is 5.06. The van der Waals surface area contributed by atoms with Gasteiger partial charge in [-0.2, -0.15) is 0 Å². The van der Waals surface area contributed by atoms with Crippen LogP contribution in [0.3, 0.4) is 0 Å². The summed E-state index contributed by atoms with van der Waals surface area (Å²) in [6.45, 7) is 0.0840. The quantitative estimate of drug-likeness (QED) is 0.154. The van der Waals surface area contributed by atoms with Crippen LogP contribution in [0.15, 0.2) is 79.7 Å². The Balaban J connectivity index is 1.63. The van der Waals surface area contributed by atoms with Gasteiger partial charge in [0.2, 0.25) is 5.75 Å². The summed E-state index contributed by atoms with van der Waals surface area (Å²) < 4.78 is 7.75. The lowest BCUT2D eigenvalue weighted by molar-refractivity contribution is -0.386. The molecular formula is C23H14Br3N3O5. The van der Waals surface area contributed by atoms with E-state index in [2.05, 4.69) is 53.2 Å². The monoisotopic (exact) mass is 649 g/mol. The van der Waals surface area contributed by atoms with Crippen LogP contribution < -0.4 is 15.2 Å². The summed E-state index contributed by atoms with van der Waals surface area (Å²) in [4.78, 5) is 36.4. The van der Waals surface area contributed by atoms with E-state index in [0.29, 0.717) is 15.7 Å². The molecule has 0 bridgehead atoms. The lowest BCUT2D eigenvalue weighted by Gasteiger charge is -2.13. The maximum atomic E-state index is 12.8. The number of hydrazine groups is 1. The third-order valence-electron chi connectivity index (χ3n) is 4.85. The minimum Gasteiger partial charge on any atom is -0.481 e. The highest BCUT2D eigenvalue weighted by atomic mass is 79.9. The minimum atomic E-state index is -0.604. The minimum absolute atomic E-state index is 0.0371. The number of carbonyl (C=O) groups excluding carboxylic acids is 2. The molecule has 0 radical (unpaired) electrons. The predicted octanol–water partition coefficient (Wildman–Crippen LogP) is 5.92. The zero-order valence-corrected chi connectivity index (χ0v) is 21.9. The number of nitrogens with zero attached hydrogens (tertiary/aromatic N) is 2. The number of anilines is 1. The normalized spacial score (nSPS) is 14.4. The highest BCUT2D eigenvalue weighted by Gasteiger charge is 2.34. The number of carbonyl (C=O) groups is 2. The Labute approximate surface area is 219 Å². The molecule has 0 spiro atoms. The number of hydrogen-bond donors (Lipinski definition) is 1. The molecule has 0 aromatic heterocycles. The summed E-state index contributed by atoms with van der Waals surface area (Å²) in [5, 5.41) is 12.9. The van der Waals surface area contributed by atoms with Crippen molar-refractivity contribution in [2.24, 2.45) is 0 Å². The van der Waals surface area contributed by atoms with Crippen LogP contribution in [0.2, 0.25) is 0 Å². The van der Waals surface area contributed by atoms with Gasteiger partial charge in [-0.05, 0) is 57.9 Å². The van der Waals surface area contributed by atoms with Crippen molar-refractivity contribution in [2.45, 2.75) is 6.61 Å². The van der Waals surface area contributed by atoms with Crippen LogP contribution >= 0.6 is 47.8 Å². The number of nitro groups is 1. The molecule has 172 valence electrons. The lowest BCUT2D eigenvalue weighted by Crippen LogP contribution is -2.35. The van der Waals surface area contributed by atoms with Crippen molar-refractivity contribution in [1.82, 2.24) is 5.43 Å². The summed E-state index contributed by atoms with van der Waals surface area (Å²) in [5.74, 6) is -1.13. The maximum Gasteiger partial charge on any atom is 0.312 e. The zero-order valence-electron chi connectivity index (χ0n) is 17.1. The first-order valence-electron chi connectivity index (χ1n) is 9.71. The molecular weight excluding hydrogens is 638 g/mol. The topological polar surface area (TPSA) is 102 Å². The Morgan fingerprint density at radius 1 is 1.00 bits per heavy atom. The van der Waals surface area contributed by atoms with Crippen LogP contribution in [0.5, 0.6) is 5.75 Å². The van der Waals surface area contributed by atoms with Gasteiger partial charge in [-0.1, -0.05) is 56.1 Å². The molecule has 0 saturated carbocycles. The van der Waals surface area contributed by atoms with Gasteiger partial charge in [0.05, 0.1) is 15.1 Å². The van der Waals surface area contributed by atoms with E-state index in [1.165, 1.54) is 12.1 Å². The van der Waals surface area contributed by atoms with E-state index in [-0.39, 0.29) is 23.6 Å². The van der Waals surface area contributed by atoms with Crippen molar-refractivity contribution in [3.8, 4) is 5.75 Å². The van der Waals surface area contributed by atoms with Gasteiger partial charge in [0.25, 0.3) is 11.8 Å². The molecule has 3 aromatic rings. The summed E-state index contributed by atoms with van der Waals surface area (Å²) in [6, 6.07) is 17.0.